The van der Waals surface area contributed by atoms with Crippen LogP contribution in [0.25, 0.3) is 11.3 Å². The Morgan fingerprint density at radius 2 is 1.74 bits per heavy atom. The Bertz CT molecular complexity index is 946. The predicted octanol–water partition coefficient (Wildman–Crippen LogP) is 3.27. The Hall–Kier alpha value is -3.41. The Balaban J connectivity index is 2.31. The molecular formula is C21H19NO5. The lowest BCUT2D eigenvalue weighted by Crippen LogP contribution is -2.31. The Morgan fingerprint density at radius 3 is 2.33 bits per heavy atom. The Morgan fingerprint density at radius 1 is 1.04 bits per heavy atom. The average Bonchev–Trinajstić information content (AvgIpc) is 2.97. The van der Waals surface area contributed by atoms with E-state index in [1.807, 2.05) is 37.3 Å². The third-order valence-corrected chi connectivity index (χ3v) is 4.21. The van der Waals surface area contributed by atoms with Gasteiger partial charge in [0.15, 0.2) is 0 Å². The molecule has 0 N–H and O–H groups in total. The molecule has 2 aromatic carbocycles. The number of methoxy groups -OCH3 is 1. The van der Waals surface area contributed by atoms with Crippen LogP contribution < -0.4 is 4.90 Å². The number of carbonyl (C=O) groups excluding carboxylic acids is 3. The number of anilines is 1. The first-order chi connectivity index (χ1) is 13.0. The summed E-state index contributed by atoms with van der Waals surface area (Å²) in [7, 11) is 1.29. The first-order valence-corrected chi connectivity index (χ1v) is 8.49. The van der Waals surface area contributed by atoms with Crippen molar-refractivity contribution in [1.82, 2.24) is 0 Å². The fraction of sp³-hybridized carbons (Fsp3) is 0.190. The number of fused-ring (bicyclic) bond motifs is 1. The van der Waals surface area contributed by atoms with E-state index in [0.29, 0.717) is 29.2 Å². The van der Waals surface area contributed by atoms with Crippen molar-refractivity contribution in [2.24, 2.45) is 0 Å². The lowest BCUT2D eigenvalue weighted by molar-refractivity contribution is -0.122. The molecule has 27 heavy (non-hydrogen) atoms. The highest BCUT2D eigenvalue weighted by Gasteiger charge is 2.38. The molecule has 0 saturated heterocycles. The summed E-state index contributed by atoms with van der Waals surface area (Å²) in [5.74, 6) is -1.04. The molecule has 138 valence electrons. The van der Waals surface area contributed by atoms with Crippen molar-refractivity contribution in [3.63, 3.8) is 0 Å². The topological polar surface area (TPSA) is 72.9 Å². The molecule has 1 heterocycles. The van der Waals surface area contributed by atoms with Crippen LogP contribution in [0.2, 0.25) is 0 Å². The second-order valence-corrected chi connectivity index (χ2v) is 5.89. The van der Waals surface area contributed by atoms with Crippen molar-refractivity contribution in [3.05, 3.63) is 65.2 Å². The number of esters is 1. The van der Waals surface area contributed by atoms with E-state index in [1.165, 1.54) is 20.1 Å². The number of hydrogen-bond donors (Lipinski definition) is 0. The highest BCUT2D eigenvalue weighted by molar-refractivity contribution is 6.43. The van der Waals surface area contributed by atoms with Crippen molar-refractivity contribution >= 4 is 34.8 Å². The number of carbonyl (C=O) groups is 3. The van der Waals surface area contributed by atoms with Crippen molar-refractivity contribution in [3.8, 4) is 0 Å². The van der Waals surface area contributed by atoms with Crippen LogP contribution in [0.15, 0.2) is 48.5 Å². The third-order valence-electron chi connectivity index (χ3n) is 4.21. The van der Waals surface area contributed by atoms with E-state index >= 15 is 0 Å². The molecule has 0 bridgehead atoms. The molecule has 1 aliphatic rings. The quantitative estimate of drug-likeness (QED) is 0.472. The number of hydrogen-bond acceptors (Lipinski definition) is 5. The molecular weight excluding hydrogens is 346 g/mol. The van der Waals surface area contributed by atoms with Gasteiger partial charge in [0.05, 0.1) is 30.5 Å². The van der Waals surface area contributed by atoms with E-state index in [2.05, 4.69) is 0 Å². The van der Waals surface area contributed by atoms with E-state index in [9.17, 15) is 14.4 Å². The van der Waals surface area contributed by atoms with E-state index < -0.39 is 17.8 Å². The molecule has 0 aromatic heterocycles. The van der Waals surface area contributed by atoms with Crippen molar-refractivity contribution in [1.29, 1.82) is 0 Å². The maximum atomic E-state index is 13.1. The minimum Gasteiger partial charge on any atom is -0.492 e. The lowest BCUT2D eigenvalue weighted by Gasteiger charge is -2.13. The van der Waals surface area contributed by atoms with Crippen LogP contribution in [-0.4, -0.2) is 31.5 Å². The first-order valence-electron chi connectivity index (χ1n) is 8.49. The Labute approximate surface area is 157 Å². The van der Waals surface area contributed by atoms with Gasteiger partial charge in [-0.3, -0.25) is 9.59 Å². The summed E-state index contributed by atoms with van der Waals surface area (Å²) in [4.78, 5) is 38.2. The summed E-state index contributed by atoms with van der Waals surface area (Å²) < 4.78 is 10.6. The van der Waals surface area contributed by atoms with Crippen molar-refractivity contribution in [2.75, 3.05) is 18.6 Å². The Kier molecular flexibility index (Phi) is 5.07. The van der Waals surface area contributed by atoms with Crippen molar-refractivity contribution in [2.45, 2.75) is 13.8 Å². The van der Waals surface area contributed by atoms with Gasteiger partial charge in [0.25, 0.3) is 5.91 Å². The number of amides is 2. The van der Waals surface area contributed by atoms with Crippen LogP contribution in [0, 0.1) is 0 Å². The van der Waals surface area contributed by atoms with Gasteiger partial charge in [-0.1, -0.05) is 30.3 Å². The van der Waals surface area contributed by atoms with Crippen LogP contribution in [-0.2, 0) is 19.1 Å². The fourth-order valence-corrected chi connectivity index (χ4v) is 3.08. The minimum absolute atomic E-state index is 0.249. The lowest BCUT2D eigenvalue weighted by atomic mass is 10.00. The van der Waals surface area contributed by atoms with Gasteiger partial charge in [0.1, 0.15) is 5.76 Å². The summed E-state index contributed by atoms with van der Waals surface area (Å²) in [6.07, 6.45) is 0. The largest absolute Gasteiger partial charge is 0.492 e. The molecule has 2 amide bonds. The van der Waals surface area contributed by atoms with Crippen LogP contribution in [0.3, 0.4) is 0 Å². The maximum absolute atomic E-state index is 13.1. The zero-order chi connectivity index (χ0) is 19.6. The predicted molar refractivity (Wildman–Crippen MR) is 101 cm³/mol. The molecule has 6 nitrogen and oxygen atoms in total. The van der Waals surface area contributed by atoms with Gasteiger partial charge < -0.3 is 9.47 Å². The number of ether oxygens (including phenoxy) is 2. The highest BCUT2D eigenvalue weighted by atomic mass is 16.5. The van der Waals surface area contributed by atoms with Gasteiger partial charge in [-0.15, -0.1) is 0 Å². The average molecular weight is 365 g/mol. The minimum atomic E-state index is -0.524. The molecule has 0 spiro atoms. The summed E-state index contributed by atoms with van der Waals surface area (Å²) in [5.41, 5.74) is 2.13. The summed E-state index contributed by atoms with van der Waals surface area (Å²) in [5, 5.41) is 0. The molecule has 0 fully saturated rings. The smallest absolute Gasteiger partial charge is 0.337 e. The molecule has 1 aliphatic heterocycles. The second kappa shape index (κ2) is 7.45. The number of benzene rings is 2. The molecule has 0 unspecified atom stereocenters. The van der Waals surface area contributed by atoms with Crippen LogP contribution in [0.1, 0.15) is 35.3 Å². The van der Waals surface area contributed by atoms with Gasteiger partial charge in [-0.25, -0.2) is 9.69 Å². The fourth-order valence-electron chi connectivity index (χ4n) is 3.08. The molecule has 0 atom stereocenters. The summed E-state index contributed by atoms with van der Waals surface area (Å²) in [6, 6.07) is 13.8. The molecule has 0 aliphatic carbocycles. The maximum Gasteiger partial charge on any atom is 0.337 e. The second-order valence-electron chi connectivity index (χ2n) is 5.89. The number of imide groups is 1. The summed E-state index contributed by atoms with van der Waals surface area (Å²) in [6.45, 7) is 3.48. The van der Waals surface area contributed by atoms with E-state index in [-0.39, 0.29) is 11.1 Å². The van der Waals surface area contributed by atoms with Gasteiger partial charge in [-0.05, 0) is 25.1 Å². The summed E-state index contributed by atoms with van der Waals surface area (Å²) >= 11 is 0. The van der Waals surface area contributed by atoms with E-state index in [4.69, 9.17) is 9.47 Å². The normalized spacial score (nSPS) is 14.6. The van der Waals surface area contributed by atoms with Crippen LogP contribution >= 0.6 is 0 Å². The zero-order valence-electron chi connectivity index (χ0n) is 15.3. The zero-order valence-corrected chi connectivity index (χ0v) is 15.3. The number of rotatable bonds is 4. The third kappa shape index (κ3) is 3.21. The van der Waals surface area contributed by atoms with Gasteiger partial charge in [-0.2, -0.15) is 0 Å². The van der Waals surface area contributed by atoms with Crippen LogP contribution in [0.4, 0.5) is 5.69 Å². The molecule has 6 heteroatoms. The monoisotopic (exact) mass is 365 g/mol. The first kappa shape index (κ1) is 18.4. The highest BCUT2D eigenvalue weighted by Crippen LogP contribution is 2.41. The molecule has 2 aromatic rings. The van der Waals surface area contributed by atoms with Gasteiger partial charge in [0, 0.05) is 18.1 Å². The SMILES string of the molecule is CCO/C(=C1/C(=O)N(C(C)=O)c2ccc(C(=O)OC)cc21)c1ccccc1. The van der Waals surface area contributed by atoms with Crippen molar-refractivity contribution < 1.29 is 23.9 Å². The van der Waals surface area contributed by atoms with E-state index in [0.717, 1.165) is 4.90 Å². The van der Waals surface area contributed by atoms with E-state index in [1.54, 1.807) is 12.1 Å². The molecule has 0 saturated carbocycles. The van der Waals surface area contributed by atoms with Gasteiger partial charge >= 0.3 is 5.97 Å². The van der Waals surface area contributed by atoms with Crippen LogP contribution in [0.5, 0.6) is 0 Å². The standard InChI is InChI=1S/C21H19NO5/c1-4-27-19(14-8-6-5-7-9-14)18-16-12-15(21(25)26-3)10-11-17(16)22(13(2)23)20(18)24/h5-12H,4H2,1-3H3/b19-18+. The molecule has 0 radical (unpaired) electrons. The number of nitrogens with zero attached hydrogens (tertiary/aromatic N) is 1. The van der Waals surface area contributed by atoms with Gasteiger partial charge in [0.2, 0.25) is 5.91 Å². The molecule has 3 rings (SSSR count).